The maximum atomic E-state index is 13.4. The molecule has 3 nitrogen and oxygen atoms in total. The Morgan fingerprint density at radius 1 is 1.33 bits per heavy atom. The van der Waals surface area contributed by atoms with E-state index in [0.29, 0.717) is 0 Å². The van der Waals surface area contributed by atoms with Crippen molar-refractivity contribution >= 4 is 29.2 Å². The topological polar surface area (TPSA) is 42.1 Å². The van der Waals surface area contributed by atoms with Crippen molar-refractivity contribution in [3.8, 4) is 11.1 Å². The first-order valence-electron chi connectivity index (χ1n) is 7.08. The number of carbonyl (C=O) groups is 1. The molecule has 8 heteroatoms. The van der Waals surface area contributed by atoms with Crippen molar-refractivity contribution in [1.29, 1.82) is 0 Å². The third-order valence-electron chi connectivity index (χ3n) is 3.51. The second-order valence-corrected chi connectivity index (χ2v) is 5.85. The molecule has 1 atom stereocenters. The first-order valence-corrected chi connectivity index (χ1v) is 7.83. The van der Waals surface area contributed by atoms with Crippen LogP contribution < -0.4 is 0 Å². The monoisotopic (exact) mass is 379 g/mol. The largest absolute Gasteiger partial charge is 0.465 e. The van der Waals surface area contributed by atoms with E-state index in [1.54, 1.807) is 6.92 Å². The van der Waals surface area contributed by atoms with Gasteiger partial charge in [0, 0.05) is 23.0 Å². The van der Waals surface area contributed by atoms with E-state index >= 15 is 0 Å². The Kier molecular flexibility index (Phi) is 5.50. The zero-order valence-electron chi connectivity index (χ0n) is 12.8. The van der Waals surface area contributed by atoms with E-state index in [1.165, 1.54) is 25.1 Å². The van der Waals surface area contributed by atoms with Gasteiger partial charge < -0.3 is 9.72 Å². The zero-order chi connectivity index (χ0) is 18.1. The van der Waals surface area contributed by atoms with Crippen LogP contribution in [0.15, 0.2) is 24.4 Å². The second-order valence-electron chi connectivity index (χ2n) is 5.06. The molecule has 0 aliphatic heterocycles. The maximum Gasteiger partial charge on any atom is 0.418 e. The number of halogens is 5. The molecule has 0 amide bonds. The predicted molar refractivity (Wildman–Crippen MR) is 86.3 cm³/mol. The highest BCUT2D eigenvalue weighted by atomic mass is 35.5. The lowest BCUT2D eigenvalue weighted by Gasteiger charge is -2.15. The lowest BCUT2D eigenvalue weighted by molar-refractivity contribution is -0.144. The smallest absolute Gasteiger partial charge is 0.418 e. The molecule has 130 valence electrons. The predicted octanol–water partition coefficient (Wildman–Crippen LogP) is 5.67. The molecule has 1 N–H and O–H groups in total. The Labute approximate surface area is 146 Å². The van der Waals surface area contributed by atoms with Crippen LogP contribution in [0, 0.1) is 0 Å². The summed E-state index contributed by atoms with van der Waals surface area (Å²) in [6, 6.07) is 4.39. The summed E-state index contributed by atoms with van der Waals surface area (Å²) in [7, 11) is 0. The van der Waals surface area contributed by atoms with Gasteiger partial charge in [0.05, 0.1) is 28.1 Å². The number of nitrogens with one attached hydrogen (secondary N) is 1. The molecular weight excluding hydrogens is 366 g/mol. The molecule has 1 aromatic carbocycles. The van der Waals surface area contributed by atoms with Crippen molar-refractivity contribution in [2.45, 2.75) is 25.9 Å². The quantitative estimate of drug-likeness (QED) is 0.694. The summed E-state index contributed by atoms with van der Waals surface area (Å²) >= 11 is 12.0. The number of esters is 1. The van der Waals surface area contributed by atoms with E-state index in [0.717, 1.165) is 6.20 Å². The summed E-state index contributed by atoms with van der Waals surface area (Å²) < 4.78 is 45.0. The van der Waals surface area contributed by atoms with Crippen LogP contribution in [-0.2, 0) is 15.7 Å². The van der Waals surface area contributed by atoms with Crippen molar-refractivity contribution in [3.05, 3.63) is 45.7 Å². The van der Waals surface area contributed by atoms with Crippen LogP contribution in [0.25, 0.3) is 11.1 Å². The highest BCUT2D eigenvalue weighted by Crippen LogP contribution is 2.44. The molecule has 0 aliphatic carbocycles. The zero-order valence-corrected chi connectivity index (χ0v) is 14.3. The number of rotatable bonds is 4. The van der Waals surface area contributed by atoms with E-state index in [-0.39, 0.29) is 33.5 Å². The minimum Gasteiger partial charge on any atom is -0.465 e. The van der Waals surface area contributed by atoms with Crippen molar-refractivity contribution in [2.75, 3.05) is 6.61 Å². The van der Waals surface area contributed by atoms with Crippen LogP contribution in [-0.4, -0.2) is 17.6 Å². The summed E-state index contributed by atoms with van der Waals surface area (Å²) in [5.74, 6) is -1.56. The highest BCUT2D eigenvalue weighted by molar-refractivity contribution is 6.43. The standard InChI is InChI=1S/C16H14Cl2F3NO2/c1-3-24-15(23)8(2)14-12(10(7-22-14)16(19,20)21)9-5-4-6-11(17)13(9)18/h4-8,22H,3H2,1-2H3. The van der Waals surface area contributed by atoms with Gasteiger partial charge in [-0.15, -0.1) is 0 Å². The summed E-state index contributed by atoms with van der Waals surface area (Å²) in [6.07, 6.45) is -3.80. The molecule has 0 saturated heterocycles. The number of ether oxygens (including phenoxy) is 1. The Morgan fingerprint density at radius 3 is 2.58 bits per heavy atom. The summed E-state index contributed by atoms with van der Waals surface area (Å²) in [5, 5.41) is 0.111. The number of hydrogen-bond acceptors (Lipinski definition) is 2. The van der Waals surface area contributed by atoms with Crippen molar-refractivity contribution in [2.24, 2.45) is 0 Å². The van der Waals surface area contributed by atoms with Gasteiger partial charge in [-0.25, -0.2) is 0 Å². The fraction of sp³-hybridized carbons (Fsp3) is 0.312. The maximum absolute atomic E-state index is 13.4. The number of benzene rings is 1. The first-order chi connectivity index (χ1) is 11.2. The molecule has 1 unspecified atom stereocenters. The van der Waals surface area contributed by atoms with Crippen LogP contribution in [0.1, 0.15) is 31.0 Å². The Hall–Kier alpha value is -1.66. The number of H-pyrrole nitrogens is 1. The minimum absolute atomic E-state index is 0.0124. The van der Waals surface area contributed by atoms with E-state index in [1.807, 2.05) is 0 Å². The second kappa shape index (κ2) is 7.07. The van der Waals surface area contributed by atoms with Gasteiger partial charge in [-0.2, -0.15) is 13.2 Å². The van der Waals surface area contributed by atoms with E-state index in [4.69, 9.17) is 27.9 Å². The van der Waals surface area contributed by atoms with Gasteiger partial charge in [-0.05, 0) is 19.9 Å². The Morgan fingerprint density at radius 2 is 2.00 bits per heavy atom. The number of aromatic nitrogens is 1. The molecular formula is C16H14Cl2F3NO2. The van der Waals surface area contributed by atoms with E-state index < -0.39 is 23.6 Å². The van der Waals surface area contributed by atoms with Gasteiger partial charge in [0.2, 0.25) is 0 Å². The molecule has 1 heterocycles. The molecule has 0 fully saturated rings. The summed E-state index contributed by atoms with van der Waals surface area (Å²) in [4.78, 5) is 14.5. The van der Waals surface area contributed by atoms with Gasteiger partial charge in [-0.3, -0.25) is 4.79 Å². The minimum atomic E-state index is -4.62. The molecule has 0 aliphatic rings. The summed E-state index contributed by atoms with van der Waals surface area (Å²) in [6.45, 7) is 3.21. The fourth-order valence-corrected chi connectivity index (χ4v) is 2.77. The Balaban J connectivity index is 2.69. The number of hydrogen-bond donors (Lipinski definition) is 1. The normalized spacial score (nSPS) is 13.0. The fourth-order valence-electron chi connectivity index (χ4n) is 2.38. The number of alkyl halides is 3. The Bertz CT molecular complexity index is 756. The lowest BCUT2D eigenvalue weighted by atomic mass is 9.95. The lowest BCUT2D eigenvalue weighted by Crippen LogP contribution is -2.14. The van der Waals surface area contributed by atoms with Gasteiger partial charge >= 0.3 is 12.1 Å². The van der Waals surface area contributed by atoms with E-state index in [9.17, 15) is 18.0 Å². The third-order valence-corrected chi connectivity index (χ3v) is 4.33. The van der Waals surface area contributed by atoms with Crippen molar-refractivity contribution in [1.82, 2.24) is 4.98 Å². The van der Waals surface area contributed by atoms with Crippen LogP contribution in [0.5, 0.6) is 0 Å². The molecule has 24 heavy (non-hydrogen) atoms. The molecule has 0 radical (unpaired) electrons. The van der Waals surface area contributed by atoms with Gasteiger partial charge in [0.15, 0.2) is 0 Å². The molecule has 0 bridgehead atoms. The van der Waals surface area contributed by atoms with Gasteiger partial charge in [0.25, 0.3) is 0 Å². The number of aromatic amines is 1. The van der Waals surface area contributed by atoms with Gasteiger partial charge in [-0.1, -0.05) is 35.3 Å². The van der Waals surface area contributed by atoms with Gasteiger partial charge in [0.1, 0.15) is 0 Å². The molecule has 0 saturated carbocycles. The number of carbonyl (C=O) groups excluding carboxylic acids is 1. The van der Waals surface area contributed by atoms with Crippen LogP contribution >= 0.6 is 23.2 Å². The molecule has 1 aromatic heterocycles. The first kappa shape index (κ1) is 18.7. The van der Waals surface area contributed by atoms with Crippen molar-refractivity contribution in [3.63, 3.8) is 0 Å². The van der Waals surface area contributed by atoms with E-state index in [2.05, 4.69) is 4.98 Å². The van der Waals surface area contributed by atoms with Crippen LogP contribution in [0.3, 0.4) is 0 Å². The van der Waals surface area contributed by atoms with Crippen LogP contribution in [0.4, 0.5) is 13.2 Å². The van der Waals surface area contributed by atoms with Crippen molar-refractivity contribution < 1.29 is 22.7 Å². The molecule has 0 spiro atoms. The average molecular weight is 380 g/mol. The highest BCUT2D eigenvalue weighted by Gasteiger charge is 2.38. The summed E-state index contributed by atoms with van der Waals surface area (Å²) in [5.41, 5.74) is -0.942. The SMILES string of the molecule is CCOC(=O)C(C)c1[nH]cc(C(F)(F)F)c1-c1cccc(Cl)c1Cl. The molecule has 2 aromatic rings. The third kappa shape index (κ3) is 3.54. The van der Waals surface area contributed by atoms with Crippen LogP contribution in [0.2, 0.25) is 10.0 Å². The average Bonchev–Trinajstić information content (AvgIpc) is 2.94. The molecule has 2 rings (SSSR count).